The number of H-pyrrole nitrogens is 1. The molecule has 6 nitrogen and oxygen atoms in total. The lowest BCUT2D eigenvalue weighted by Crippen LogP contribution is -2.41. The number of imide groups is 1. The third kappa shape index (κ3) is 3.42. The highest BCUT2D eigenvalue weighted by Gasteiger charge is 2.49. The zero-order valence-corrected chi connectivity index (χ0v) is 18.3. The summed E-state index contributed by atoms with van der Waals surface area (Å²) in [4.78, 5) is 43.1. The fourth-order valence-corrected chi connectivity index (χ4v) is 4.21. The van der Waals surface area contributed by atoms with Gasteiger partial charge in [0.25, 0.3) is 5.91 Å². The second kappa shape index (κ2) is 7.69. The van der Waals surface area contributed by atoms with Crippen LogP contribution in [-0.4, -0.2) is 34.2 Å². The summed E-state index contributed by atoms with van der Waals surface area (Å²) < 4.78 is 0. The Balaban J connectivity index is 1.59. The van der Waals surface area contributed by atoms with E-state index in [4.69, 9.17) is 0 Å². The van der Waals surface area contributed by atoms with Gasteiger partial charge in [0.2, 0.25) is 0 Å². The van der Waals surface area contributed by atoms with Gasteiger partial charge in [-0.05, 0) is 36.0 Å². The van der Waals surface area contributed by atoms with E-state index in [1.165, 1.54) is 0 Å². The molecule has 4 rings (SSSR count). The third-order valence-corrected chi connectivity index (χ3v) is 6.21. The smallest absolute Gasteiger partial charge is 0.325 e. The molecular weight excluding hydrogens is 390 g/mol. The van der Waals surface area contributed by atoms with Gasteiger partial charge in [-0.1, -0.05) is 63.2 Å². The first-order valence-corrected chi connectivity index (χ1v) is 10.6. The van der Waals surface area contributed by atoms with E-state index in [9.17, 15) is 14.4 Å². The molecule has 1 atom stereocenters. The number of ketones is 1. The summed E-state index contributed by atoms with van der Waals surface area (Å²) in [5.74, 6) is -0.325. The second-order valence-electron chi connectivity index (χ2n) is 8.54. The maximum Gasteiger partial charge on any atom is 0.325 e. The summed E-state index contributed by atoms with van der Waals surface area (Å²) in [5.41, 5.74) is 3.18. The van der Waals surface area contributed by atoms with Crippen molar-refractivity contribution in [3.63, 3.8) is 0 Å². The number of rotatable bonds is 6. The van der Waals surface area contributed by atoms with E-state index < -0.39 is 17.5 Å². The van der Waals surface area contributed by atoms with E-state index in [1.54, 1.807) is 13.1 Å². The molecule has 0 radical (unpaired) electrons. The van der Waals surface area contributed by atoms with Gasteiger partial charge in [-0.25, -0.2) is 4.79 Å². The Morgan fingerprint density at radius 3 is 2.45 bits per heavy atom. The van der Waals surface area contributed by atoms with Crippen molar-refractivity contribution in [2.45, 2.75) is 45.6 Å². The molecule has 1 aromatic heterocycles. The van der Waals surface area contributed by atoms with Crippen LogP contribution in [0.25, 0.3) is 10.9 Å². The van der Waals surface area contributed by atoms with Crippen LogP contribution in [0.3, 0.4) is 0 Å². The van der Waals surface area contributed by atoms with Crippen molar-refractivity contribution in [1.29, 1.82) is 0 Å². The Bertz CT molecular complexity index is 1180. The Labute approximate surface area is 181 Å². The van der Waals surface area contributed by atoms with Gasteiger partial charge < -0.3 is 10.3 Å². The number of para-hydroxylation sites is 1. The van der Waals surface area contributed by atoms with E-state index in [0.717, 1.165) is 33.4 Å². The first kappa shape index (κ1) is 20.8. The predicted molar refractivity (Wildman–Crippen MR) is 120 cm³/mol. The van der Waals surface area contributed by atoms with Crippen molar-refractivity contribution in [2.75, 3.05) is 6.54 Å². The molecule has 1 fully saturated rings. The maximum absolute atomic E-state index is 13.2. The molecule has 2 aromatic carbocycles. The number of aromatic amines is 1. The minimum Gasteiger partial charge on any atom is -0.360 e. The summed E-state index contributed by atoms with van der Waals surface area (Å²) in [5, 5.41) is 3.59. The van der Waals surface area contributed by atoms with E-state index in [0.29, 0.717) is 17.0 Å². The zero-order valence-electron chi connectivity index (χ0n) is 18.3. The summed E-state index contributed by atoms with van der Waals surface area (Å²) in [7, 11) is 0. The molecule has 0 spiro atoms. The molecule has 3 aromatic rings. The second-order valence-corrected chi connectivity index (χ2v) is 8.54. The molecule has 2 N–H and O–H groups in total. The molecule has 1 saturated heterocycles. The van der Waals surface area contributed by atoms with E-state index in [1.807, 2.05) is 42.5 Å². The highest BCUT2D eigenvalue weighted by molar-refractivity contribution is 6.14. The largest absolute Gasteiger partial charge is 0.360 e. The van der Waals surface area contributed by atoms with Crippen LogP contribution in [0.15, 0.2) is 48.7 Å². The number of carbonyl (C=O) groups is 3. The van der Waals surface area contributed by atoms with Gasteiger partial charge >= 0.3 is 6.03 Å². The van der Waals surface area contributed by atoms with Gasteiger partial charge in [-0.3, -0.25) is 14.5 Å². The van der Waals surface area contributed by atoms with Crippen molar-refractivity contribution < 1.29 is 14.4 Å². The summed E-state index contributed by atoms with van der Waals surface area (Å²) in [6.45, 7) is 7.63. The number of nitrogens with zero attached hydrogens (tertiary/aromatic N) is 1. The number of fused-ring (bicyclic) bond motifs is 1. The quantitative estimate of drug-likeness (QED) is 0.457. The number of nitrogens with one attached hydrogen (secondary N) is 2. The lowest BCUT2D eigenvalue weighted by molar-refractivity contribution is -0.130. The van der Waals surface area contributed by atoms with Gasteiger partial charge in [0, 0.05) is 22.7 Å². The number of aromatic nitrogens is 1. The highest BCUT2D eigenvalue weighted by Crippen LogP contribution is 2.30. The standard InChI is InChI=1S/C25H27N3O3/c1-5-16-7-6-8-19-20(13-26-22(16)19)21(29)14-28-23(30)25(4,27-24(28)31)18-11-9-17(10-12-18)15(2)3/h6-13,15,26H,5,14H2,1-4H3,(H,27,31)/t25-/m1/s1. The van der Waals surface area contributed by atoms with Crippen molar-refractivity contribution in [2.24, 2.45) is 0 Å². The minimum atomic E-state index is -1.19. The maximum atomic E-state index is 13.2. The average molecular weight is 418 g/mol. The number of hydrogen-bond donors (Lipinski definition) is 2. The van der Waals surface area contributed by atoms with Crippen LogP contribution in [0.4, 0.5) is 4.79 Å². The van der Waals surface area contributed by atoms with Crippen LogP contribution in [0, 0.1) is 0 Å². The molecular formula is C25H27N3O3. The van der Waals surface area contributed by atoms with Gasteiger partial charge in [0.05, 0.1) is 6.54 Å². The molecule has 1 aliphatic rings. The van der Waals surface area contributed by atoms with Crippen LogP contribution >= 0.6 is 0 Å². The molecule has 160 valence electrons. The van der Waals surface area contributed by atoms with Crippen LogP contribution in [0.2, 0.25) is 0 Å². The van der Waals surface area contributed by atoms with E-state index in [2.05, 4.69) is 31.1 Å². The highest BCUT2D eigenvalue weighted by atomic mass is 16.2. The monoisotopic (exact) mass is 417 g/mol. The molecule has 1 aliphatic heterocycles. The SMILES string of the molecule is CCc1cccc2c(C(=O)CN3C(=O)N[C@](C)(c4ccc(C(C)C)cc4)C3=O)c[nH]c12. The molecule has 6 heteroatoms. The molecule has 2 heterocycles. The molecule has 3 amide bonds. The normalized spacial score (nSPS) is 18.8. The van der Waals surface area contributed by atoms with Gasteiger partial charge in [0.1, 0.15) is 5.54 Å². The van der Waals surface area contributed by atoms with Crippen molar-refractivity contribution >= 4 is 28.6 Å². The molecule has 0 bridgehead atoms. The number of benzene rings is 2. The average Bonchev–Trinajstić information content (AvgIpc) is 3.29. The van der Waals surface area contributed by atoms with Crippen molar-refractivity contribution in [3.05, 3.63) is 70.9 Å². The summed E-state index contributed by atoms with van der Waals surface area (Å²) in [6.07, 6.45) is 2.50. The summed E-state index contributed by atoms with van der Waals surface area (Å²) >= 11 is 0. The predicted octanol–water partition coefficient (Wildman–Crippen LogP) is 4.50. The van der Waals surface area contributed by atoms with Gasteiger partial charge in [-0.15, -0.1) is 0 Å². The molecule has 0 unspecified atom stereocenters. The first-order chi connectivity index (χ1) is 14.8. The van der Waals surface area contributed by atoms with Crippen molar-refractivity contribution in [3.8, 4) is 0 Å². The zero-order chi connectivity index (χ0) is 22.3. The van der Waals surface area contributed by atoms with Crippen LogP contribution in [0.1, 0.15) is 60.7 Å². The van der Waals surface area contributed by atoms with Crippen molar-refractivity contribution in [1.82, 2.24) is 15.2 Å². The topological polar surface area (TPSA) is 82.3 Å². The van der Waals surface area contributed by atoms with Gasteiger partial charge in [-0.2, -0.15) is 0 Å². The van der Waals surface area contributed by atoms with E-state index in [-0.39, 0.29) is 12.3 Å². The summed E-state index contributed by atoms with van der Waals surface area (Å²) in [6, 6.07) is 12.9. The number of amides is 3. The Morgan fingerprint density at radius 1 is 1.10 bits per heavy atom. The molecule has 0 saturated carbocycles. The minimum absolute atomic E-state index is 0.276. The van der Waals surface area contributed by atoms with Gasteiger partial charge in [0.15, 0.2) is 5.78 Å². The Hall–Kier alpha value is -3.41. The molecule has 31 heavy (non-hydrogen) atoms. The fourth-order valence-electron chi connectivity index (χ4n) is 4.21. The number of hydrogen-bond acceptors (Lipinski definition) is 3. The van der Waals surface area contributed by atoms with E-state index >= 15 is 0 Å². The Morgan fingerprint density at radius 2 is 1.81 bits per heavy atom. The fraction of sp³-hybridized carbons (Fsp3) is 0.320. The molecule has 0 aliphatic carbocycles. The first-order valence-electron chi connectivity index (χ1n) is 10.6. The van der Waals surface area contributed by atoms with Crippen LogP contribution in [0.5, 0.6) is 0 Å². The number of urea groups is 1. The number of carbonyl (C=O) groups excluding carboxylic acids is 3. The van der Waals surface area contributed by atoms with Crippen LogP contribution in [-0.2, 0) is 16.8 Å². The van der Waals surface area contributed by atoms with Crippen LogP contribution < -0.4 is 5.32 Å². The number of Topliss-reactive ketones (excluding diaryl/α,β-unsaturated/α-hetero) is 1. The lowest BCUT2D eigenvalue weighted by atomic mass is 9.90. The number of aryl methyl sites for hydroxylation is 1. The lowest BCUT2D eigenvalue weighted by Gasteiger charge is -2.22. The Kier molecular flexibility index (Phi) is 5.17. The third-order valence-electron chi connectivity index (χ3n) is 6.21.